The van der Waals surface area contributed by atoms with E-state index in [0.29, 0.717) is 36.4 Å². The molecule has 0 heterocycles. The van der Waals surface area contributed by atoms with Crippen LogP contribution >= 0.6 is 0 Å². The normalized spacial score (nSPS) is 15.1. The Balaban J connectivity index is 2.34. The summed E-state index contributed by atoms with van der Waals surface area (Å²) in [6.45, 7) is 2.06. The largest absolute Gasteiger partial charge is 0.463 e. The topological polar surface area (TPSA) is 98.5 Å². The molecule has 0 saturated carbocycles. The van der Waals surface area contributed by atoms with Crippen LogP contribution in [0.5, 0.6) is 0 Å². The lowest BCUT2D eigenvalue weighted by molar-refractivity contribution is -0.138. The third-order valence-electron chi connectivity index (χ3n) is 3.22. The summed E-state index contributed by atoms with van der Waals surface area (Å²) in [5, 5.41) is 8.22. The zero-order chi connectivity index (χ0) is 15.5. The van der Waals surface area contributed by atoms with Gasteiger partial charge in [0.25, 0.3) is 0 Å². The highest BCUT2D eigenvalue weighted by Crippen LogP contribution is 2.30. The number of anilines is 1. The molecule has 0 atom stereocenters. The second-order valence-electron chi connectivity index (χ2n) is 4.70. The molecule has 0 amide bonds. The molecule has 1 aromatic rings. The highest BCUT2D eigenvalue weighted by Gasteiger charge is 2.23. The number of esters is 1. The summed E-state index contributed by atoms with van der Waals surface area (Å²) in [5.74, 6) is -0.356. The van der Waals surface area contributed by atoms with Crippen molar-refractivity contribution in [3.05, 3.63) is 35.5 Å². The van der Waals surface area contributed by atoms with E-state index < -0.39 is 10.0 Å². The number of rotatable bonds is 5. The van der Waals surface area contributed by atoms with E-state index in [9.17, 15) is 13.2 Å². The van der Waals surface area contributed by atoms with Crippen molar-refractivity contribution < 1.29 is 17.9 Å². The Kier molecular flexibility index (Phi) is 4.64. The molecule has 0 spiro atoms. The fraction of sp³-hybridized carbons (Fsp3) is 0.357. The van der Waals surface area contributed by atoms with Crippen LogP contribution in [0.1, 0.15) is 26.2 Å². The van der Waals surface area contributed by atoms with Crippen molar-refractivity contribution in [2.45, 2.75) is 31.1 Å². The molecule has 0 aliphatic heterocycles. The minimum atomic E-state index is -3.82. The molecule has 21 heavy (non-hydrogen) atoms. The van der Waals surface area contributed by atoms with Crippen molar-refractivity contribution >= 4 is 21.7 Å². The lowest BCUT2D eigenvalue weighted by Gasteiger charge is -2.13. The smallest absolute Gasteiger partial charge is 0.335 e. The lowest BCUT2D eigenvalue weighted by Crippen LogP contribution is -2.16. The van der Waals surface area contributed by atoms with Crippen LogP contribution in [0.4, 0.5) is 5.69 Å². The maximum atomic E-state index is 11.9. The quantitative estimate of drug-likeness (QED) is 0.807. The van der Waals surface area contributed by atoms with E-state index in [1.54, 1.807) is 25.1 Å². The second kappa shape index (κ2) is 6.28. The molecule has 3 N–H and O–H groups in total. The van der Waals surface area contributed by atoms with E-state index in [4.69, 9.17) is 9.88 Å². The molecule has 2 rings (SSSR count). The Labute approximate surface area is 124 Å². The van der Waals surface area contributed by atoms with Crippen LogP contribution in [0.2, 0.25) is 0 Å². The zero-order valence-electron chi connectivity index (χ0n) is 11.8. The number of sulfonamides is 1. The third-order valence-corrected chi connectivity index (χ3v) is 4.19. The number of benzene rings is 1. The molecule has 7 heteroatoms. The molecular formula is C14H18N2O4S. The van der Waals surface area contributed by atoms with Crippen LogP contribution in [0.3, 0.4) is 0 Å². The third kappa shape index (κ3) is 3.62. The van der Waals surface area contributed by atoms with Gasteiger partial charge in [0.2, 0.25) is 10.0 Å². The molecule has 0 bridgehead atoms. The average Bonchev–Trinajstić information content (AvgIpc) is 2.86. The van der Waals surface area contributed by atoms with Crippen LogP contribution in [0, 0.1) is 0 Å². The van der Waals surface area contributed by atoms with Crippen LogP contribution in [0.25, 0.3) is 0 Å². The van der Waals surface area contributed by atoms with E-state index >= 15 is 0 Å². The number of carbonyl (C=O) groups is 1. The first-order valence-corrected chi connectivity index (χ1v) is 8.26. The maximum absolute atomic E-state index is 11.9. The summed E-state index contributed by atoms with van der Waals surface area (Å²) >= 11 is 0. The van der Waals surface area contributed by atoms with Crippen LogP contribution in [-0.2, 0) is 19.6 Å². The van der Waals surface area contributed by atoms with Gasteiger partial charge in [0.1, 0.15) is 4.90 Å². The van der Waals surface area contributed by atoms with E-state index in [2.05, 4.69) is 5.32 Å². The number of allylic oxidation sites excluding steroid dienone is 1. The number of ether oxygens (including phenoxy) is 1. The summed E-state index contributed by atoms with van der Waals surface area (Å²) in [7, 11) is -3.82. The fourth-order valence-electron chi connectivity index (χ4n) is 2.31. The van der Waals surface area contributed by atoms with Gasteiger partial charge in [-0.1, -0.05) is 12.1 Å². The highest BCUT2D eigenvalue weighted by atomic mass is 32.2. The van der Waals surface area contributed by atoms with Gasteiger partial charge in [-0.05, 0) is 38.3 Å². The van der Waals surface area contributed by atoms with Gasteiger partial charge >= 0.3 is 5.97 Å². The SMILES string of the molecule is CCOC(=O)C1=C(Nc2ccccc2S(N)(=O)=O)CCC1. The average molecular weight is 310 g/mol. The van der Waals surface area contributed by atoms with Gasteiger partial charge < -0.3 is 10.1 Å². The minimum absolute atomic E-state index is 0.00705. The standard InChI is InChI=1S/C14H18N2O4S/c1-2-20-14(17)10-6-5-8-11(10)16-12-7-3-4-9-13(12)21(15,18)19/h3-4,7,9,16H,2,5-6,8H2,1H3,(H2,15,18,19). The number of carbonyl (C=O) groups excluding carboxylic acids is 1. The highest BCUT2D eigenvalue weighted by molar-refractivity contribution is 7.89. The Hall–Kier alpha value is -1.86. The van der Waals surface area contributed by atoms with Crippen LogP contribution in [0.15, 0.2) is 40.4 Å². The molecule has 0 unspecified atom stereocenters. The molecule has 0 fully saturated rings. The number of nitrogens with one attached hydrogen (secondary N) is 1. The monoisotopic (exact) mass is 310 g/mol. The summed E-state index contributed by atoms with van der Waals surface area (Å²) in [5.41, 5.74) is 1.64. The maximum Gasteiger partial charge on any atom is 0.335 e. The molecule has 0 saturated heterocycles. The molecule has 6 nitrogen and oxygen atoms in total. The number of nitrogens with two attached hydrogens (primary N) is 1. The molecular weight excluding hydrogens is 292 g/mol. The molecule has 0 aromatic heterocycles. The Morgan fingerprint density at radius 1 is 1.33 bits per heavy atom. The zero-order valence-corrected chi connectivity index (χ0v) is 12.6. The molecule has 1 aliphatic rings. The Morgan fingerprint density at radius 3 is 2.71 bits per heavy atom. The number of primary sulfonamides is 1. The summed E-state index contributed by atoms with van der Waals surface area (Å²) in [4.78, 5) is 11.9. The van der Waals surface area contributed by atoms with Gasteiger partial charge in [-0.15, -0.1) is 0 Å². The first-order valence-electron chi connectivity index (χ1n) is 6.71. The van der Waals surface area contributed by atoms with E-state index in [1.807, 2.05) is 0 Å². The van der Waals surface area contributed by atoms with E-state index in [-0.39, 0.29) is 10.9 Å². The molecule has 0 radical (unpaired) electrons. The lowest BCUT2D eigenvalue weighted by atomic mass is 10.2. The first kappa shape index (κ1) is 15.5. The van der Waals surface area contributed by atoms with Gasteiger partial charge in [0, 0.05) is 5.70 Å². The molecule has 1 aliphatic carbocycles. The van der Waals surface area contributed by atoms with Gasteiger partial charge in [0.05, 0.1) is 17.9 Å². The van der Waals surface area contributed by atoms with Crippen molar-refractivity contribution in [3.63, 3.8) is 0 Å². The predicted octanol–water partition coefficient (Wildman–Crippen LogP) is 1.75. The van der Waals surface area contributed by atoms with Crippen LogP contribution in [-0.4, -0.2) is 21.0 Å². The number of hydrogen-bond acceptors (Lipinski definition) is 5. The second-order valence-corrected chi connectivity index (χ2v) is 6.23. The number of hydrogen-bond donors (Lipinski definition) is 2. The predicted molar refractivity (Wildman–Crippen MR) is 78.9 cm³/mol. The van der Waals surface area contributed by atoms with Crippen molar-refractivity contribution in [2.24, 2.45) is 5.14 Å². The first-order chi connectivity index (χ1) is 9.93. The van der Waals surface area contributed by atoms with Gasteiger partial charge in [-0.2, -0.15) is 0 Å². The minimum Gasteiger partial charge on any atom is -0.463 e. The summed E-state index contributed by atoms with van der Waals surface area (Å²) in [6.07, 6.45) is 2.12. The van der Waals surface area contributed by atoms with E-state index in [1.165, 1.54) is 6.07 Å². The van der Waals surface area contributed by atoms with Crippen LogP contribution < -0.4 is 10.5 Å². The van der Waals surface area contributed by atoms with Crippen molar-refractivity contribution in [2.75, 3.05) is 11.9 Å². The van der Waals surface area contributed by atoms with Crippen molar-refractivity contribution in [1.82, 2.24) is 0 Å². The van der Waals surface area contributed by atoms with E-state index in [0.717, 1.165) is 6.42 Å². The fourth-order valence-corrected chi connectivity index (χ4v) is 3.00. The Bertz CT molecular complexity index is 680. The molecule has 114 valence electrons. The van der Waals surface area contributed by atoms with Crippen molar-refractivity contribution in [3.8, 4) is 0 Å². The van der Waals surface area contributed by atoms with Gasteiger partial charge in [-0.3, -0.25) is 0 Å². The Morgan fingerprint density at radius 2 is 2.05 bits per heavy atom. The number of para-hydroxylation sites is 1. The molecule has 1 aromatic carbocycles. The van der Waals surface area contributed by atoms with Gasteiger partial charge in [-0.25, -0.2) is 18.4 Å². The van der Waals surface area contributed by atoms with Crippen molar-refractivity contribution in [1.29, 1.82) is 0 Å². The summed E-state index contributed by atoms with van der Waals surface area (Å²) in [6, 6.07) is 6.35. The summed E-state index contributed by atoms with van der Waals surface area (Å²) < 4.78 is 28.2. The van der Waals surface area contributed by atoms with Gasteiger partial charge in [0.15, 0.2) is 0 Å².